The molecule has 0 atom stereocenters. The first-order chi connectivity index (χ1) is 13.6. The Morgan fingerprint density at radius 2 is 1.96 bits per heavy atom. The van der Waals surface area contributed by atoms with Crippen LogP contribution in [0.3, 0.4) is 0 Å². The Kier molecular flexibility index (Phi) is 4.57. The summed E-state index contributed by atoms with van der Waals surface area (Å²) in [5, 5.41) is 2.28. The van der Waals surface area contributed by atoms with Gasteiger partial charge in [-0.25, -0.2) is 18.1 Å². The van der Waals surface area contributed by atoms with Crippen molar-refractivity contribution in [3.63, 3.8) is 0 Å². The summed E-state index contributed by atoms with van der Waals surface area (Å²) < 4.78 is 27.6. The largest absolute Gasteiger partial charge is 0.346 e. The maximum atomic E-state index is 12.4. The molecular weight excluding hydrogens is 374 g/mol. The van der Waals surface area contributed by atoms with Crippen LogP contribution in [-0.4, -0.2) is 53.3 Å². The summed E-state index contributed by atoms with van der Waals surface area (Å²) in [6.45, 7) is 1.59. The number of likely N-dealkylation sites (tertiary alicyclic amines) is 1. The van der Waals surface area contributed by atoms with Gasteiger partial charge in [-0.3, -0.25) is 9.88 Å². The number of pyridine rings is 2. The SMILES string of the molecule is O=S(=O)(CN1CCC(c2ccnc3cnc4[nH]ccc4c23)CC1)NC1CCC1. The normalized spacial score (nSPS) is 20.0. The molecule has 1 aliphatic heterocycles. The zero-order valence-corrected chi connectivity index (χ0v) is 16.6. The van der Waals surface area contributed by atoms with Crippen LogP contribution in [0.5, 0.6) is 0 Å². The predicted octanol–water partition coefficient (Wildman–Crippen LogP) is 2.72. The van der Waals surface area contributed by atoms with Gasteiger partial charge in [0.1, 0.15) is 11.5 Å². The molecule has 2 aliphatic rings. The molecule has 0 spiro atoms. The van der Waals surface area contributed by atoms with E-state index in [9.17, 15) is 8.42 Å². The van der Waals surface area contributed by atoms with E-state index in [0.717, 1.165) is 61.7 Å². The van der Waals surface area contributed by atoms with E-state index in [1.165, 1.54) is 10.9 Å². The van der Waals surface area contributed by atoms with E-state index < -0.39 is 10.0 Å². The van der Waals surface area contributed by atoms with E-state index in [1.54, 1.807) is 0 Å². The van der Waals surface area contributed by atoms with Crippen molar-refractivity contribution in [2.24, 2.45) is 0 Å². The number of hydrogen-bond donors (Lipinski definition) is 2. The lowest BCUT2D eigenvalue weighted by molar-refractivity contribution is 0.240. The highest BCUT2D eigenvalue weighted by atomic mass is 32.2. The average molecular weight is 400 g/mol. The van der Waals surface area contributed by atoms with Gasteiger partial charge in [0.15, 0.2) is 0 Å². The number of fused-ring (bicyclic) bond motifs is 3. The number of hydrogen-bond acceptors (Lipinski definition) is 5. The van der Waals surface area contributed by atoms with Gasteiger partial charge in [-0.05, 0) is 62.4 Å². The molecule has 1 saturated heterocycles. The molecular formula is C20H25N5O2S. The zero-order chi connectivity index (χ0) is 19.1. The number of H-pyrrole nitrogens is 1. The first kappa shape index (κ1) is 18.0. The number of sulfonamides is 1. The molecule has 4 heterocycles. The Morgan fingerprint density at radius 3 is 2.71 bits per heavy atom. The fourth-order valence-electron chi connectivity index (χ4n) is 4.45. The van der Waals surface area contributed by atoms with Crippen molar-refractivity contribution in [3.8, 4) is 0 Å². The number of piperidine rings is 1. The van der Waals surface area contributed by atoms with Crippen LogP contribution in [0.25, 0.3) is 21.9 Å². The molecule has 8 heteroatoms. The predicted molar refractivity (Wildman–Crippen MR) is 110 cm³/mol. The van der Waals surface area contributed by atoms with Crippen LogP contribution in [0.15, 0.2) is 30.7 Å². The second-order valence-corrected chi connectivity index (χ2v) is 9.76. The van der Waals surface area contributed by atoms with E-state index >= 15 is 0 Å². The van der Waals surface area contributed by atoms with Crippen molar-refractivity contribution < 1.29 is 8.42 Å². The zero-order valence-electron chi connectivity index (χ0n) is 15.8. The van der Waals surface area contributed by atoms with Crippen LogP contribution in [0.1, 0.15) is 43.6 Å². The van der Waals surface area contributed by atoms with Gasteiger partial charge in [-0.1, -0.05) is 6.42 Å². The highest BCUT2D eigenvalue weighted by Gasteiger charge is 2.28. The molecule has 28 heavy (non-hydrogen) atoms. The Bertz CT molecular complexity index is 1100. The van der Waals surface area contributed by atoms with E-state index in [4.69, 9.17) is 0 Å². The Labute approximate surface area is 164 Å². The summed E-state index contributed by atoms with van der Waals surface area (Å²) in [6, 6.07) is 4.33. The summed E-state index contributed by atoms with van der Waals surface area (Å²) >= 11 is 0. The quantitative estimate of drug-likeness (QED) is 0.688. The van der Waals surface area contributed by atoms with Crippen molar-refractivity contribution in [1.82, 2.24) is 24.6 Å². The molecule has 3 aromatic rings. The molecule has 0 radical (unpaired) electrons. The fraction of sp³-hybridized carbons (Fsp3) is 0.500. The molecule has 0 unspecified atom stereocenters. The standard InChI is InChI=1S/C20H25N5O2S/c26-28(27,24-15-2-1-3-15)13-25-10-6-14(7-11-25)16-4-8-21-18-12-23-20-17(19(16)18)5-9-22-20/h4-5,8-9,12,14-15,24H,1-3,6-7,10-11,13H2,(H,22,23). The van der Waals surface area contributed by atoms with Crippen LogP contribution >= 0.6 is 0 Å². The van der Waals surface area contributed by atoms with Gasteiger partial charge < -0.3 is 4.98 Å². The molecule has 0 aromatic carbocycles. The summed E-state index contributed by atoms with van der Waals surface area (Å²) in [5.74, 6) is 0.517. The smallest absolute Gasteiger partial charge is 0.225 e. The van der Waals surface area contributed by atoms with Crippen molar-refractivity contribution in [3.05, 3.63) is 36.3 Å². The Hall–Kier alpha value is -2.03. The number of aromatic amines is 1. The van der Waals surface area contributed by atoms with Gasteiger partial charge in [-0.2, -0.15) is 0 Å². The molecule has 2 N–H and O–H groups in total. The van der Waals surface area contributed by atoms with E-state index in [0.29, 0.717) is 5.92 Å². The Morgan fingerprint density at radius 1 is 1.14 bits per heavy atom. The van der Waals surface area contributed by atoms with Crippen LogP contribution in [-0.2, 0) is 10.0 Å². The number of nitrogens with one attached hydrogen (secondary N) is 2. The van der Waals surface area contributed by atoms with Gasteiger partial charge in [0.25, 0.3) is 0 Å². The summed E-state index contributed by atoms with van der Waals surface area (Å²) in [4.78, 5) is 14.2. The third kappa shape index (κ3) is 3.40. The van der Waals surface area contributed by atoms with E-state index in [-0.39, 0.29) is 11.9 Å². The van der Waals surface area contributed by atoms with Gasteiger partial charge in [-0.15, -0.1) is 0 Å². The maximum absolute atomic E-state index is 12.4. The Balaban J connectivity index is 1.32. The third-order valence-electron chi connectivity index (χ3n) is 6.15. The lowest BCUT2D eigenvalue weighted by atomic mass is 9.87. The minimum atomic E-state index is -3.23. The molecule has 2 fully saturated rings. The van der Waals surface area contributed by atoms with Crippen LogP contribution in [0.2, 0.25) is 0 Å². The van der Waals surface area contributed by atoms with Crippen LogP contribution in [0, 0.1) is 0 Å². The van der Waals surface area contributed by atoms with Crippen molar-refractivity contribution in [2.45, 2.75) is 44.1 Å². The minimum Gasteiger partial charge on any atom is -0.346 e. The highest BCUT2D eigenvalue weighted by Crippen LogP contribution is 2.35. The number of aromatic nitrogens is 3. The maximum Gasteiger partial charge on any atom is 0.225 e. The molecule has 3 aromatic heterocycles. The van der Waals surface area contributed by atoms with Crippen LogP contribution < -0.4 is 4.72 Å². The van der Waals surface area contributed by atoms with Crippen molar-refractivity contribution >= 4 is 32.0 Å². The lowest BCUT2D eigenvalue weighted by Crippen LogP contribution is -2.46. The summed E-state index contributed by atoms with van der Waals surface area (Å²) in [6.07, 6.45) is 10.6. The van der Waals surface area contributed by atoms with Gasteiger partial charge in [0.2, 0.25) is 10.0 Å². The molecule has 7 nitrogen and oxygen atoms in total. The number of rotatable bonds is 5. The molecule has 1 saturated carbocycles. The first-order valence-corrected chi connectivity index (χ1v) is 11.7. The average Bonchev–Trinajstić information content (AvgIpc) is 3.14. The number of nitrogens with zero attached hydrogens (tertiary/aromatic N) is 3. The second kappa shape index (κ2) is 7.09. The van der Waals surface area contributed by atoms with E-state index in [1.807, 2.05) is 18.6 Å². The molecule has 0 bridgehead atoms. The topological polar surface area (TPSA) is 91.0 Å². The highest BCUT2D eigenvalue weighted by molar-refractivity contribution is 7.89. The van der Waals surface area contributed by atoms with E-state index in [2.05, 4.69) is 36.7 Å². The summed E-state index contributed by atoms with van der Waals surface area (Å²) in [7, 11) is -3.23. The van der Waals surface area contributed by atoms with Crippen LogP contribution in [0.4, 0.5) is 0 Å². The first-order valence-electron chi connectivity index (χ1n) is 10.0. The fourth-order valence-corrected chi connectivity index (χ4v) is 6.01. The second-order valence-electron chi connectivity index (χ2n) is 8.04. The summed E-state index contributed by atoms with van der Waals surface area (Å²) in [5.41, 5.74) is 3.10. The monoisotopic (exact) mass is 399 g/mol. The molecule has 5 rings (SSSR count). The van der Waals surface area contributed by atoms with Gasteiger partial charge in [0, 0.05) is 29.2 Å². The third-order valence-corrected chi connectivity index (χ3v) is 7.55. The van der Waals surface area contributed by atoms with Crippen molar-refractivity contribution in [1.29, 1.82) is 0 Å². The van der Waals surface area contributed by atoms with Crippen molar-refractivity contribution in [2.75, 3.05) is 19.0 Å². The molecule has 1 aliphatic carbocycles. The lowest BCUT2D eigenvalue weighted by Gasteiger charge is -2.33. The molecule has 148 valence electrons. The minimum absolute atomic E-state index is 0.110. The van der Waals surface area contributed by atoms with Gasteiger partial charge >= 0.3 is 0 Å². The van der Waals surface area contributed by atoms with Gasteiger partial charge in [0.05, 0.1) is 11.7 Å². The molecule has 0 amide bonds.